The molecule has 0 bridgehead atoms. The molecule has 0 radical (unpaired) electrons. The molecule has 0 saturated carbocycles. The summed E-state index contributed by atoms with van der Waals surface area (Å²) >= 11 is 3.78. The van der Waals surface area contributed by atoms with Crippen molar-refractivity contribution in [2.45, 2.75) is 18.2 Å². The van der Waals surface area contributed by atoms with E-state index in [0.717, 1.165) is 28.1 Å². The lowest BCUT2D eigenvalue weighted by Gasteiger charge is -2.20. The first kappa shape index (κ1) is 16.3. The predicted octanol–water partition coefficient (Wildman–Crippen LogP) is 2.90. The van der Waals surface area contributed by atoms with Gasteiger partial charge in [-0.05, 0) is 24.3 Å². The Morgan fingerprint density at radius 3 is 2.91 bits per heavy atom. The van der Waals surface area contributed by atoms with Gasteiger partial charge in [0.25, 0.3) is 0 Å². The number of carboxylic acid groups (broad SMARTS) is 1. The number of fused-ring (bicyclic) bond motifs is 1. The van der Waals surface area contributed by atoms with Gasteiger partial charge in [-0.3, -0.25) is 9.59 Å². The molecular formula is C16H18N2O3S2. The van der Waals surface area contributed by atoms with Crippen molar-refractivity contribution in [1.29, 1.82) is 0 Å². The Balaban J connectivity index is 1.66. The average Bonchev–Trinajstić information content (AvgIpc) is 2.90. The first-order valence-electron chi connectivity index (χ1n) is 7.42. The number of amides is 1. The molecule has 2 aromatic rings. The third-order valence-electron chi connectivity index (χ3n) is 3.66. The SMILES string of the molecule is O=C(O)Cn1ccc2cc(NC(=O)CC3CSCCS3)ccc21. The van der Waals surface area contributed by atoms with E-state index in [1.54, 1.807) is 10.8 Å². The summed E-state index contributed by atoms with van der Waals surface area (Å²) in [5, 5.41) is 13.2. The molecule has 1 amide bonds. The van der Waals surface area contributed by atoms with Gasteiger partial charge < -0.3 is 15.0 Å². The number of anilines is 1. The maximum absolute atomic E-state index is 12.2. The van der Waals surface area contributed by atoms with Gasteiger partial charge in [0.1, 0.15) is 6.54 Å². The maximum atomic E-state index is 12.2. The molecule has 1 unspecified atom stereocenters. The highest BCUT2D eigenvalue weighted by Gasteiger charge is 2.18. The molecule has 7 heteroatoms. The Kier molecular flexibility index (Phi) is 5.17. The highest BCUT2D eigenvalue weighted by Crippen LogP contribution is 2.27. The Hall–Kier alpha value is -1.60. The van der Waals surface area contributed by atoms with E-state index in [0.29, 0.717) is 11.7 Å². The summed E-state index contributed by atoms with van der Waals surface area (Å²) in [5.74, 6) is 2.49. The predicted molar refractivity (Wildman–Crippen MR) is 96.4 cm³/mol. The minimum absolute atomic E-state index is 0.0364. The van der Waals surface area contributed by atoms with E-state index in [1.807, 2.05) is 47.8 Å². The lowest BCUT2D eigenvalue weighted by Crippen LogP contribution is -2.22. The molecule has 2 N–H and O–H groups in total. The number of rotatable bonds is 5. The number of carbonyl (C=O) groups excluding carboxylic acids is 1. The molecular weight excluding hydrogens is 332 g/mol. The molecule has 1 saturated heterocycles. The van der Waals surface area contributed by atoms with Gasteiger partial charge in [0.05, 0.1) is 0 Å². The number of benzene rings is 1. The van der Waals surface area contributed by atoms with Gasteiger partial charge in [-0.25, -0.2) is 0 Å². The van der Waals surface area contributed by atoms with Crippen molar-refractivity contribution in [3.8, 4) is 0 Å². The molecule has 1 aromatic carbocycles. The molecule has 23 heavy (non-hydrogen) atoms. The van der Waals surface area contributed by atoms with Crippen LogP contribution in [0.3, 0.4) is 0 Å². The van der Waals surface area contributed by atoms with E-state index in [2.05, 4.69) is 5.32 Å². The minimum atomic E-state index is -0.872. The minimum Gasteiger partial charge on any atom is -0.480 e. The zero-order chi connectivity index (χ0) is 16.2. The Labute approximate surface area is 142 Å². The van der Waals surface area contributed by atoms with E-state index in [9.17, 15) is 9.59 Å². The standard InChI is InChI=1S/C16H18N2O3S2/c19-15(8-13-10-22-5-6-23-13)17-12-1-2-14-11(7-12)3-4-18(14)9-16(20)21/h1-4,7,13H,5-6,8-10H2,(H,17,19)(H,20,21). The molecule has 1 aromatic heterocycles. The van der Waals surface area contributed by atoms with Crippen LogP contribution in [0.15, 0.2) is 30.5 Å². The van der Waals surface area contributed by atoms with Crippen LogP contribution in [-0.2, 0) is 16.1 Å². The van der Waals surface area contributed by atoms with Crippen LogP contribution < -0.4 is 5.32 Å². The van der Waals surface area contributed by atoms with Gasteiger partial charge in [0, 0.05) is 51.7 Å². The molecule has 2 heterocycles. The number of nitrogens with zero attached hydrogens (tertiary/aromatic N) is 1. The number of hydrogen-bond acceptors (Lipinski definition) is 4. The monoisotopic (exact) mass is 350 g/mol. The van der Waals surface area contributed by atoms with Gasteiger partial charge in [0.2, 0.25) is 5.91 Å². The number of aromatic nitrogens is 1. The summed E-state index contributed by atoms with van der Waals surface area (Å²) in [6, 6.07) is 7.41. The molecule has 122 valence electrons. The van der Waals surface area contributed by atoms with E-state index in [1.165, 1.54) is 5.75 Å². The van der Waals surface area contributed by atoms with E-state index < -0.39 is 5.97 Å². The second kappa shape index (κ2) is 7.31. The number of thioether (sulfide) groups is 2. The van der Waals surface area contributed by atoms with Crippen molar-refractivity contribution < 1.29 is 14.7 Å². The molecule has 5 nitrogen and oxygen atoms in total. The average molecular weight is 350 g/mol. The van der Waals surface area contributed by atoms with E-state index in [4.69, 9.17) is 5.11 Å². The van der Waals surface area contributed by atoms with Crippen LogP contribution in [0, 0.1) is 0 Å². The summed E-state index contributed by atoms with van der Waals surface area (Å²) in [6.07, 6.45) is 2.29. The number of nitrogens with one attached hydrogen (secondary N) is 1. The van der Waals surface area contributed by atoms with Gasteiger partial charge in [-0.15, -0.1) is 0 Å². The molecule has 1 fully saturated rings. The number of aliphatic carboxylic acids is 1. The molecule has 3 rings (SSSR count). The number of carbonyl (C=O) groups is 2. The highest BCUT2D eigenvalue weighted by molar-refractivity contribution is 8.06. The van der Waals surface area contributed by atoms with Crippen molar-refractivity contribution >= 4 is 52.0 Å². The first-order valence-corrected chi connectivity index (χ1v) is 9.62. The van der Waals surface area contributed by atoms with Gasteiger partial charge in [-0.2, -0.15) is 23.5 Å². The molecule has 1 aliphatic rings. The molecule has 1 atom stereocenters. The smallest absolute Gasteiger partial charge is 0.323 e. The normalized spacial score (nSPS) is 18.0. The van der Waals surface area contributed by atoms with E-state index in [-0.39, 0.29) is 12.5 Å². The number of carboxylic acids is 1. The van der Waals surface area contributed by atoms with Crippen molar-refractivity contribution in [2.24, 2.45) is 0 Å². The van der Waals surface area contributed by atoms with Crippen LogP contribution in [0.1, 0.15) is 6.42 Å². The molecule has 0 spiro atoms. The van der Waals surface area contributed by atoms with Gasteiger partial charge >= 0.3 is 5.97 Å². The van der Waals surface area contributed by atoms with E-state index >= 15 is 0 Å². The first-order chi connectivity index (χ1) is 11.1. The van der Waals surface area contributed by atoms with Crippen LogP contribution in [-0.4, -0.2) is 44.1 Å². The summed E-state index contributed by atoms with van der Waals surface area (Å²) in [5.41, 5.74) is 1.61. The second-order valence-corrected chi connectivity index (χ2v) is 7.99. The summed E-state index contributed by atoms with van der Waals surface area (Å²) in [7, 11) is 0. The van der Waals surface area contributed by atoms with Gasteiger partial charge in [0.15, 0.2) is 0 Å². The second-order valence-electron chi connectivity index (χ2n) is 5.43. The topological polar surface area (TPSA) is 71.3 Å². The lowest BCUT2D eigenvalue weighted by molar-refractivity contribution is -0.137. The molecule has 0 aliphatic carbocycles. The van der Waals surface area contributed by atoms with Crippen LogP contribution in [0.5, 0.6) is 0 Å². The maximum Gasteiger partial charge on any atom is 0.323 e. The fourth-order valence-electron chi connectivity index (χ4n) is 2.63. The summed E-state index contributed by atoms with van der Waals surface area (Å²) in [4.78, 5) is 23.0. The Bertz CT molecular complexity index is 723. The van der Waals surface area contributed by atoms with Crippen LogP contribution >= 0.6 is 23.5 Å². The van der Waals surface area contributed by atoms with Crippen molar-refractivity contribution in [1.82, 2.24) is 4.57 Å². The van der Waals surface area contributed by atoms with Crippen molar-refractivity contribution in [3.05, 3.63) is 30.5 Å². The zero-order valence-electron chi connectivity index (χ0n) is 12.5. The largest absolute Gasteiger partial charge is 0.480 e. The van der Waals surface area contributed by atoms with Gasteiger partial charge in [-0.1, -0.05) is 0 Å². The summed E-state index contributed by atoms with van der Waals surface area (Å²) < 4.78 is 1.68. The van der Waals surface area contributed by atoms with Crippen molar-refractivity contribution in [2.75, 3.05) is 22.6 Å². The van der Waals surface area contributed by atoms with Crippen molar-refractivity contribution in [3.63, 3.8) is 0 Å². The third kappa shape index (κ3) is 4.23. The zero-order valence-corrected chi connectivity index (χ0v) is 14.2. The Morgan fingerprint density at radius 1 is 1.30 bits per heavy atom. The van der Waals surface area contributed by atoms with Crippen LogP contribution in [0.4, 0.5) is 5.69 Å². The van der Waals surface area contributed by atoms with Crippen LogP contribution in [0.25, 0.3) is 10.9 Å². The third-order valence-corrected chi connectivity index (χ3v) is 6.50. The summed E-state index contributed by atoms with van der Waals surface area (Å²) in [6.45, 7) is -0.0637. The molecule has 1 aliphatic heterocycles. The highest BCUT2D eigenvalue weighted by atomic mass is 32.2. The fraction of sp³-hybridized carbons (Fsp3) is 0.375. The quantitative estimate of drug-likeness (QED) is 0.868. The van der Waals surface area contributed by atoms with Crippen LogP contribution in [0.2, 0.25) is 0 Å². The fourth-order valence-corrected chi connectivity index (χ4v) is 5.31. The Morgan fingerprint density at radius 2 is 2.17 bits per heavy atom. The number of hydrogen-bond donors (Lipinski definition) is 2. The lowest BCUT2D eigenvalue weighted by atomic mass is 10.2.